The second kappa shape index (κ2) is 5.49. The molecule has 1 aliphatic heterocycles. The summed E-state index contributed by atoms with van der Waals surface area (Å²) in [7, 11) is 0. The molecule has 1 aliphatic rings. The lowest BCUT2D eigenvalue weighted by atomic mass is 10.1. The highest BCUT2D eigenvalue weighted by atomic mass is 32.2. The number of hydrogen-bond acceptors (Lipinski definition) is 5. The van der Waals surface area contributed by atoms with E-state index in [1.165, 1.54) is 40.9 Å². The van der Waals surface area contributed by atoms with Gasteiger partial charge in [0.1, 0.15) is 6.04 Å². The molecule has 1 N–H and O–H groups in total. The van der Waals surface area contributed by atoms with Crippen LogP contribution in [0.15, 0.2) is 24.3 Å². The van der Waals surface area contributed by atoms with Crippen molar-refractivity contribution in [2.75, 3.05) is 5.75 Å². The molecule has 2 atom stereocenters. The molecule has 2 rings (SSSR count). The van der Waals surface area contributed by atoms with E-state index in [2.05, 4.69) is 0 Å². The molecular weight excluding hydrogens is 284 g/mol. The van der Waals surface area contributed by atoms with Crippen LogP contribution in [0.3, 0.4) is 0 Å². The van der Waals surface area contributed by atoms with Gasteiger partial charge in [-0.25, -0.2) is 4.79 Å². The molecule has 7 nitrogen and oxygen atoms in total. The predicted molar refractivity (Wildman–Crippen MR) is 72.6 cm³/mol. The number of carboxylic acids is 1. The Morgan fingerprint density at radius 2 is 2.00 bits per heavy atom. The number of nitro groups is 1. The summed E-state index contributed by atoms with van der Waals surface area (Å²) in [6.07, 6.45) is 0. The molecule has 1 amide bonds. The lowest BCUT2D eigenvalue weighted by molar-refractivity contribution is -0.384. The molecule has 0 bridgehead atoms. The molecule has 1 aromatic rings. The van der Waals surface area contributed by atoms with Crippen LogP contribution in [-0.2, 0) is 4.79 Å². The first-order valence-electron chi connectivity index (χ1n) is 5.83. The molecule has 106 valence electrons. The average Bonchev–Trinajstić information content (AvgIpc) is 2.80. The van der Waals surface area contributed by atoms with Crippen molar-refractivity contribution in [2.24, 2.45) is 0 Å². The van der Waals surface area contributed by atoms with Gasteiger partial charge in [-0.1, -0.05) is 0 Å². The Hall–Kier alpha value is -2.09. The van der Waals surface area contributed by atoms with Gasteiger partial charge in [-0.2, -0.15) is 0 Å². The SMILES string of the molecule is CC1SCC(C(=O)O)N1C(=O)c1ccc([N+](=O)[O-])cc1. The molecule has 0 aromatic heterocycles. The summed E-state index contributed by atoms with van der Waals surface area (Å²) in [5.74, 6) is -1.13. The quantitative estimate of drug-likeness (QED) is 0.671. The maximum atomic E-state index is 12.3. The van der Waals surface area contributed by atoms with Crippen molar-refractivity contribution in [3.63, 3.8) is 0 Å². The molecule has 0 saturated carbocycles. The van der Waals surface area contributed by atoms with E-state index in [9.17, 15) is 19.7 Å². The van der Waals surface area contributed by atoms with Crippen LogP contribution in [0.25, 0.3) is 0 Å². The number of thioether (sulfide) groups is 1. The molecule has 20 heavy (non-hydrogen) atoms. The molecule has 0 spiro atoms. The van der Waals surface area contributed by atoms with Crippen molar-refractivity contribution in [1.29, 1.82) is 0 Å². The normalized spacial score (nSPS) is 21.8. The summed E-state index contributed by atoms with van der Waals surface area (Å²) >= 11 is 1.39. The molecule has 1 aromatic carbocycles. The Balaban J connectivity index is 2.25. The van der Waals surface area contributed by atoms with Crippen LogP contribution < -0.4 is 0 Å². The van der Waals surface area contributed by atoms with Gasteiger partial charge in [-0.15, -0.1) is 11.8 Å². The van der Waals surface area contributed by atoms with Crippen LogP contribution in [0, 0.1) is 10.1 Å². The van der Waals surface area contributed by atoms with E-state index < -0.39 is 22.8 Å². The Kier molecular flexibility index (Phi) is 3.93. The van der Waals surface area contributed by atoms with Crippen molar-refractivity contribution >= 4 is 29.3 Å². The fraction of sp³-hybridized carbons (Fsp3) is 0.333. The number of benzene rings is 1. The van der Waals surface area contributed by atoms with Gasteiger partial charge in [0.05, 0.1) is 10.3 Å². The maximum absolute atomic E-state index is 12.3. The third kappa shape index (κ3) is 2.60. The topological polar surface area (TPSA) is 101 Å². The van der Waals surface area contributed by atoms with Gasteiger partial charge in [0.25, 0.3) is 11.6 Å². The Morgan fingerprint density at radius 3 is 2.50 bits per heavy atom. The second-order valence-electron chi connectivity index (χ2n) is 4.30. The van der Waals surface area contributed by atoms with Crippen LogP contribution in [0.5, 0.6) is 0 Å². The van der Waals surface area contributed by atoms with E-state index in [4.69, 9.17) is 5.11 Å². The summed E-state index contributed by atoms with van der Waals surface area (Å²) in [6, 6.07) is 4.29. The van der Waals surface area contributed by atoms with Gasteiger partial charge in [0.2, 0.25) is 0 Å². The average molecular weight is 296 g/mol. The smallest absolute Gasteiger partial charge is 0.327 e. The molecule has 0 radical (unpaired) electrons. The molecule has 0 aliphatic carbocycles. The lowest BCUT2D eigenvalue weighted by Crippen LogP contribution is -2.44. The minimum absolute atomic E-state index is 0.111. The zero-order valence-electron chi connectivity index (χ0n) is 10.6. The van der Waals surface area contributed by atoms with Crippen molar-refractivity contribution in [2.45, 2.75) is 18.3 Å². The number of carbonyl (C=O) groups excluding carboxylic acids is 1. The van der Waals surface area contributed by atoms with E-state index in [-0.39, 0.29) is 16.6 Å². The third-order valence-corrected chi connectivity index (χ3v) is 4.29. The fourth-order valence-electron chi connectivity index (χ4n) is 2.02. The number of rotatable bonds is 3. The van der Waals surface area contributed by atoms with Crippen LogP contribution in [0.4, 0.5) is 5.69 Å². The van der Waals surface area contributed by atoms with E-state index in [1.807, 2.05) is 0 Å². The molecular formula is C12H12N2O5S. The summed E-state index contributed by atoms with van der Waals surface area (Å²) in [6.45, 7) is 1.76. The Morgan fingerprint density at radius 1 is 1.40 bits per heavy atom. The zero-order chi connectivity index (χ0) is 14.9. The minimum atomic E-state index is -1.04. The van der Waals surface area contributed by atoms with Crippen LogP contribution in [-0.4, -0.2) is 44.0 Å². The highest BCUT2D eigenvalue weighted by molar-refractivity contribution is 8.00. The van der Waals surface area contributed by atoms with Gasteiger partial charge in [0, 0.05) is 23.4 Å². The predicted octanol–water partition coefficient (Wildman–Crippen LogP) is 1.58. The maximum Gasteiger partial charge on any atom is 0.327 e. The van der Waals surface area contributed by atoms with Crippen LogP contribution in [0.2, 0.25) is 0 Å². The molecule has 8 heteroatoms. The highest BCUT2D eigenvalue weighted by Crippen LogP contribution is 2.30. The van der Waals surface area contributed by atoms with E-state index in [0.29, 0.717) is 5.75 Å². The van der Waals surface area contributed by atoms with Crippen LogP contribution in [0.1, 0.15) is 17.3 Å². The third-order valence-electron chi connectivity index (χ3n) is 3.07. The van der Waals surface area contributed by atoms with Crippen molar-refractivity contribution < 1.29 is 19.6 Å². The largest absolute Gasteiger partial charge is 0.480 e. The first-order valence-corrected chi connectivity index (χ1v) is 6.88. The van der Waals surface area contributed by atoms with E-state index >= 15 is 0 Å². The zero-order valence-corrected chi connectivity index (χ0v) is 11.4. The summed E-state index contributed by atoms with van der Waals surface area (Å²) in [5, 5.41) is 19.4. The van der Waals surface area contributed by atoms with Crippen molar-refractivity contribution in [3.05, 3.63) is 39.9 Å². The standard InChI is InChI=1S/C12H12N2O5S/c1-7-13(10(6-20-7)12(16)17)11(15)8-2-4-9(5-3-8)14(18)19/h2-5,7,10H,6H2,1H3,(H,16,17). The van der Waals surface area contributed by atoms with Gasteiger partial charge < -0.3 is 10.0 Å². The number of amides is 1. The Bertz CT molecular complexity index is 559. The first-order chi connectivity index (χ1) is 9.41. The number of carboxylic acid groups (broad SMARTS) is 1. The van der Waals surface area contributed by atoms with Crippen LogP contribution >= 0.6 is 11.8 Å². The molecule has 1 heterocycles. The van der Waals surface area contributed by atoms with Gasteiger partial charge >= 0.3 is 5.97 Å². The Labute approximate surface area is 118 Å². The summed E-state index contributed by atoms with van der Waals surface area (Å²) in [5.41, 5.74) is 0.136. The molecule has 1 fully saturated rings. The highest BCUT2D eigenvalue weighted by Gasteiger charge is 2.39. The van der Waals surface area contributed by atoms with Gasteiger partial charge in [-0.3, -0.25) is 14.9 Å². The van der Waals surface area contributed by atoms with Gasteiger partial charge in [-0.05, 0) is 19.1 Å². The number of carbonyl (C=O) groups is 2. The minimum Gasteiger partial charge on any atom is -0.480 e. The van der Waals surface area contributed by atoms with Crippen molar-refractivity contribution in [1.82, 2.24) is 4.90 Å². The number of hydrogen-bond donors (Lipinski definition) is 1. The van der Waals surface area contributed by atoms with E-state index in [1.54, 1.807) is 6.92 Å². The number of aliphatic carboxylic acids is 1. The summed E-state index contributed by atoms with van der Waals surface area (Å²) in [4.78, 5) is 34.8. The number of non-ortho nitro benzene ring substituents is 1. The second-order valence-corrected chi connectivity index (χ2v) is 5.65. The molecule has 2 unspecified atom stereocenters. The molecule has 1 saturated heterocycles. The number of nitrogens with zero attached hydrogens (tertiary/aromatic N) is 2. The van der Waals surface area contributed by atoms with Gasteiger partial charge in [0.15, 0.2) is 0 Å². The first kappa shape index (κ1) is 14.3. The van der Waals surface area contributed by atoms with Crippen molar-refractivity contribution in [3.8, 4) is 0 Å². The lowest BCUT2D eigenvalue weighted by Gasteiger charge is -2.24. The fourth-order valence-corrected chi connectivity index (χ4v) is 3.18. The monoisotopic (exact) mass is 296 g/mol. The van der Waals surface area contributed by atoms with E-state index in [0.717, 1.165) is 0 Å². The number of nitro benzene ring substituents is 1. The summed E-state index contributed by atoms with van der Waals surface area (Å²) < 4.78 is 0.